The molecule has 6 heteroatoms. The van der Waals surface area contributed by atoms with Crippen molar-refractivity contribution in [3.05, 3.63) is 35.9 Å². The van der Waals surface area contributed by atoms with Crippen LogP contribution in [0, 0.1) is 0 Å². The van der Waals surface area contributed by atoms with Gasteiger partial charge in [-0.1, -0.05) is 30.3 Å². The van der Waals surface area contributed by atoms with Gasteiger partial charge in [0.2, 0.25) is 5.91 Å². The normalized spacial score (nSPS) is 13.2. The first-order valence-electron chi connectivity index (χ1n) is 4.90. The number of carbonyl (C=O) groups is 1. The number of nitrogens with one attached hydrogen (secondary N) is 1. The Bertz CT molecular complexity index is 353. The van der Waals surface area contributed by atoms with E-state index < -0.39 is 18.8 Å². The predicted octanol–water partition coefficient (Wildman–Crippen LogP) is 2.12. The highest BCUT2D eigenvalue weighted by Crippen LogP contribution is 2.18. The van der Waals surface area contributed by atoms with E-state index in [1.807, 2.05) is 5.32 Å². The fourth-order valence-corrected chi connectivity index (χ4v) is 1.41. The quantitative estimate of drug-likeness (QED) is 0.788. The summed E-state index contributed by atoms with van der Waals surface area (Å²) < 4.78 is 37.8. The standard InChI is InChI=1S/C10H12BF3NO/c1-8(16)15-10(11(12,13)14)7-9-5-3-2-4-6-9/h2-6,10H,7H2,1H3,(H,15,16)/q-1/t10-/m0/s1. The highest BCUT2D eigenvalue weighted by molar-refractivity contribution is 6.60. The summed E-state index contributed by atoms with van der Waals surface area (Å²) in [6, 6.07) is 8.29. The summed E-state index contributed by atoms with van der Waals surface area (Å²) in [5.74, 6) is -2.43. The first-order chi connectivity index (χ1) is 7.39. The van der Waals surface area contributed by atoms with Crippen LogP contribution < -0.4 is 5.32 Å². The highest BCUT2D eigenvalue weighted by Gasteiger charge is 2.35. The molecule has 0 spiro atoms. The zero-order valence-corrected chi connectivity index (χ0v) is 8.79. The minimum atomic E-state index is -5.07. The number of carbonyl (C=O) groups excluding carboxylic acids is 1. The van der Waals surface area contributed by atoms with Gasteiger partial charge < -0.3 is 18.3 Å². The number of hydrogen-bond acceptors (Lipinski definition) is 1. The fourth-order valence-electron chi connectivity index (χ4n) is 1.41. The van der Waals surface area contributed by atoms with Gasteiger partial charge in [0.15, 0.2) is 0 Å². The molecule has 1 N–H and O–H groups in total. The first-order valence-corrected chi connectivity index (χ1v) is 4.90. The third kappa shape index (κ3) is 3.96. The lowest BCUT2D eigenvalue weighted by Crippen LogP contribution is -2.49. The van der Waals surface area contributed by atoms with Crippen LogP contribution in [0.15, 0.2) is 30.3 Å². The highest BCUT2D eigenvalue weighted by atomic mass is 19.4. The van der Waals surface area contributed by atoms with E-state index in [0.717, 1.165) is 6.92 Å². The Balaban J connectivity index is 2.75. The Morgan fingerprint density at radius 2 is 1.88 bits per heavy atom. The molecule has 0 aliphatic rings. The van der Waals surface area contributed by atoms with E-state index in [0.29, 0.717) is 5.56 Å². The van der Waals surface area contributed by atoms with Crippen LogP contribution in [0.3, 0.4) is 0 Å². The van der Waals surface area contributed by atoms with E-state index in [2.05, 4.69) is 0 Å². The summed E-state index contributed by atoms with van der Waals surface area (Å²) in [5.41, 5.74) is 0.556. The maximum absolute atomic E-state index is 12.6. The van der Waals surface area contributed by atoms with E-state index in [4.69, 9.17) is 0 Å². The monoisotopic (exact) mass is 230 g/mol. The van der Waals surface area contributed by atoms with Crippen LogP contribution in [0.5, 0.6) is 0 Å². The number of rotatable bonds is 4. The Hall–Kier alpha value is -1.46. The van der Waals surface area contributed by atoms with Crippen molar-refractivity contribution in [2.24, 2.45) is 0 Å². The van der Waals surface area contributed by atoms with Gasteiger partial charge in [-0.15, -0.1) is 0 Å². The molecule has 16 heavy (non-hydrogen) atoms. The first kappa shape index (κ1) is 12.6. The Morgan fingerprint density at radius 1 is 1.31 bits per heavy atom. The van der Waals surface area contributed by atoms with Crippen molar-refractivity contribution in [2.45, 2.75) is 19.3 Å². The van der Waals surface area contributed by atoms with Crippen molar-refractivity contribution >= 4 is 12.9 Å². The van der Waals surface area contributed by atoms with Gasteiger partial charge in [-0.2, -0.15) is 0 Å². The average Bonchev–Trinajstić information content (AvgIpc) is 2.16. The van der Waals surface area contributed by atoms with Gasteiger partial charge in [0.25, 0.3) is 0 Å². The van der Waals surface area contributed by atoms with Crippen LogP contribution in [0.2, 0.25) is 0 Å². The molecule has 1 rings (SSSR count). The van der Waals surface area contributed by atoms with E-state index >= 15 is 0 Å². The van der Waals surface area contributed by atoms with Crippen molar-refractivity contribution in [1.29, 1.82) is 0 Å². The molecule has 0 aliphatic heterocycles. The zero-order chi connectivity index (χ0) is 12.2. The SMILES string of the molecule is CC(=O)N[C@@H](Cc1ccccc1)[B-](F)(F)F. The van der Waals surface area contributed by atoms with Gasteiger partial charge in [0.1, 0.15) is 0 Å². The van der Waals surface area contributed by atoms with Gasteiger partial charge >= 0.3 is 6.98 Å². The van der Waals surface area contributed by atoms with Crippen LogP contribution >= 0.6 is 0 Å². The molecule has 0 radical (unpaired) electrons. The largest absolute Gasteiger partial charge is 0.500 e. The van der Waals surface area contributed by atoms with Crippen LogP contribution in [-0.2, 0) is 11.2 Å². The Kier molecular flexibility index (Phi) is 3.98. The van der Waals surface area contributed by atoms with E-state index in [9.17, 15) is 17.7 Å². The fraction of sp³-hybridized carbons (Fsp3) is 0.300. The number of hydrogen-bond donors (Lipinski definition) is 1. The van der Waals surface area contributed by atoms with Crippen molar-refractivity contribution in [3.63, 3.8) is 0 Å². The lowest BCUT2D eigenvalue weighted by Gasteiger charge is -2.27. The molecule has 0 unspecified atom stereocenters. The lowest BCUT2D eigenvalue weighted by molar-refractivity contribution is -0.119. The molecule has 1 aromatic rings. The van der Waals surface area contributed by atoms with Gasteiger partial charge in [-0.3, -0.25) is 4.79 Å². The topological polar surface area (TPSA) is 29.1 Å². The molecule has 1 amide bonds. The molecule has 0 bridgehead atoms. The van der Waals surface area contributed by atoms with Crippen LogP contribution in [0.4, 0.5) is 12.9 Å². The van der Waals surface area contributed by atoms with Crippen molar-refractivity contribution in [1.82, 2.24) is 5.32 Å². The van der Waals surface area contributed by atoms with Gasteiger partial charge in [-0.25, -0.2) is 0 Å². The third-order valence-electron chi connectivity index (χ3n) is 2.14. The summed E-state index contributed by atoms with van der Waals surface area (Å²) >= 11 is 0. The number of amides is 1. The summed E-state index contributed by atoms with van der Waals surface area (Å²) in [4.78, 5) is 10.7. The molecule has 0 fully saturated rings. The van der Waals surface area contributed by atoms with Crippen LogP contribution in [0.1, 0.15) is 12.5 Å². The minimum Gasteiger partial charge on any atom is -0.448 e. The van der Waals surface area contributed by atoms with Gasteiger partial charge in [-0.05, 0) is 12.0 Å². The maximum atomic E-state index is 12.6. The number of benzene rings is 1. The second-order valence-electron chi connectivity index (χ2n) is 3.62. The van der Waals surface area contributed by atoms with Crippen LogP contribution in [0.25, 0.3) is 0 Å². The summed E-state index contributed by atoms with van der Waals surface area (Å²) in [6.45, 7) is -3.99. The molecule has 88 valence electrons. The van der Waals surface area contributed by atoms with Crippen molar-refractivity contribution in [3.8, 4) is 0 Å². The second-order valence-corrected chi connectivity index (χ2v) is 3.62. The molecule has 2 nitrogen and oxygen atoms in total. The lowest BCUT2D eigenvalue weighted by atomic mass is 9.75. The molecular formula is C10H12BF3NO-. The van der Waals surface area contributed by atoms with Gasteiger partial charge in [0, 0.05) is 12.9 Å². The van der Waals surface area contributed by atoms with Crippen molar-refractivity contribution < 1.29 is 17.7 Å². The summed E-state index contributed by atoms with van der Waals surface area (Å²) in [5, 5.41) is 1.93. The number of halogens is 3. The van der Waals surface area contributed by atoms with E-state index in [-0.39, 0.29) is 6.42 Å². The van der Waals surface area contributed by atoms with Gasteiger partial charge in [0.05, 0.1) is 0 Å². The molecule has 1 atom stereocenters. The molecule has 0 saturated carbocycles. The van der Waals surface area contributed by atoms with Crippen LogP contribution in [-0.4, -0.2) is 18.8 Å². The smallest absolute Gasteiger partial charge is 0.448 e. The van der Waals surface area contributed by atoms with Crippen molar-refractivity contribution in [2.75, 3.05) is 0 Å². The zero-order valence-electron chi connectivity index (χ0n) is 8.79. The molecular weight excluding hydrogens is 218 g/mol. The average molecular weight is 230 g/mol. The third-order valence-corrected chi connectivity index (χ3v) is 2.14. The molecule has 0 aromatic heterocycles. The summed E-state index contributed by atoms with van der Waals surface area (Å²) in [6.07, 6.45) is -0.218. The predicted molar refractivity (Wildman–Crippen MR) is 56.8 cm³/mol. The molecule has 0 saturated heterocycles. The summed E-state index contributed by atoms with van der Waals surface area (Å²) in [7, 11) is 0. The molecule has 1 aromatic carbocycles. The van der Waals surface area contributed by atoms with E-state index in [1.54, 1.807) is 30.3 Å². The Labute approximate surface area is 91.9 Å². The van der Waals surface area contributed by atoms with E-state index in [1.165, 1.54) is 0 Å². The Morgan fingerprint density at radius 3 is 2.31 bits per heavy atom. The molecule has 0 heterocycles. The maximum Gasteiger partial charge on any atom is 0.500 e. The molecule has 0 aliphatic carbocycles. The minimum absolute atomic E-state index is 0.218. The second kappa shape index (κ2) is 5.05.